The number of likely N-dealkylation sites (tertiary alicyclic amines) is 1. The molecule has 0 aliphatic carbocycles. The van der Waals surface area contributed by atoms with E-state index in [1.807, 2.05) is 4.90 Å². The van der Waals surface area contributed by atoms with Gasteiger partial charge in [-0.3, -0.25) is 14.6 Å². The average Bonchev–Trinajstić information content (AvgIpc) is 3.00. The number of thiazole rings is 1. The Balaban J connectivity index is 1.82. The molecule has 1 saturated heterocycles. The maximum absolute atomic E-state index is 12.1. The molecule has 0 bridgehead atoms. The first-order valence-electron chi connectivity index (χ1n) is 7.45. The first-order valence-corrected chi connectivity index (χ1v) is 8.33. The van der Waals surface area contributed by atoms with Gasteiger partial charge in [0.15, 0.2) is 5.78 Å². The molecule has 1 aromatic heterocycles. The Bertz CT molecular complexity index is 479. The maximum atomic E-state index is 12.1. The van der Waals surface area contributed by atoms with Crippen molar-refractivity contribution in [2.24, 2.45) is 17.6 Å². The van der Waals surface area contributed by atoms with E-state index >= 15 is 0 Å². The highest BCUT2D eigenvalue weighted by Crippen LogP contribution is 2.28. The van der Waals surface area contributed by atoms with Crippen LogP contribution in [0.1, 0.15) is 42.8 Å². The van der Waals surface area contributed by atoms with Crippen LogP contribution in [0.3, 0.4) is 0 Å². The molecule has 2 N–H and O–H groups in total. The summed E-state index contributed by atoms with van der Waals surface area (Å²) in [5.41, 5.74) is 7.33. The van der Waals surface area contributed by atoms with E-state index in [0.29, 0.717) is 18.3 Å². The molecule has 6 heteroatoms. The van der Waals surface area contributed by atoms with Crippen LogP contribution < -0.4 is 5.73 Å². The highest BCUT2D eigenvalue weighted by atomic mass is 32.1. The van der Waals surface area contributed by atoms with Gasteiger partial charge in [-0.15, -0.1) is 11.3 Å². The van der Waals surface area contributed by atoms with Crippen molar-refractivity contribution in [3.05, 3.63) is 16.6 Å². The Morgan fingerprint density at radius 1 is 1.43 bits per heavy atom. The number of rotatable bonds is 5. The van der Waals surface area contributed by atoms with Gasteiger partial charge in [-0.1, -0.05) is 6.92 Å². The van der Waals surface area contributed by atoms with Crippen molar-refractivity contribution >= 4 is 23.0 Å². The number of ketones is 1. The second-order valence-electron chi connectivity index (χ2n) is 5.92. The van der Waals surface area contributed by atoms with Crippen molar-refractivity contribution in [1.29, 1.82) is 0 Å². The molecule has 0 aromatic carbocycles. The summed E-state index contributed by atoms with van der Waals surface area (Å²) in [7, 11) is 0. The predicted octanol–water partition coefficient (Wildman–Crippen LogP) is 1.94. The Morgan fingerprint density at radius 2 is 2.10 bits per heavy atom. The first kappa shape index (κ1) is 16.1. The third kappa shape index (κ3) is 4.11. The fraction of sp³-hybridized carbons (Fsp3) is 0.667. The number of nitrogens with zero attached hydrogens (tertiary/aromatic N) is 2. The molecular formula is C15H23N3O2S. The summed E-state index contributed by atoms with van der Waals surface area (Å²) in [6.07, 6.45) is 4.11. The van der Waals surface area contributed by atoms with Crippen LogP contribution in [-0.2, 0) is 4.79 Å². The zero-order chi connectivity index (χ0) is 15.4. The number of Topliss-reactive ketones (excluding diaryl/α,β-unsaturated/α-hetero) is 1. The van der Waals surface area contributed by atoms with Crippen LogP contribution in [0.2, 0.25) is 0 Å². The molecule has 1 fully saturated rings. The Morgan fingerprint density at radius 3 is 2.62 bits per heavy atom. The lowest BCUT2D eigenvalue weighted by Crippen LogP contribution is -2.46. The predicted molar refractivity (Wildman–Crippen MR) is 83.2 cm³/mol. The van der Waals surface area contributed by atoms with Gasteiger partial charge in [-0.25, -0.2) is 0 Å². The molecule has 5 nitrogen and oxygen atoms in total. The summed E-state index contributed by atoms with van der Waals surface area (Å²) in [6, 6.07) is -0.424. The Hall–Kier alpha value is -1.27. The summed E-state index contributed by atoms with van der Waals surface area (Å²) < 4.78 is 0. The normalized spacial score (nSPS) is 19.3. The van der Waals surface area contributed by atoms with E-state index in [-0.39, 0.29) is 11.7 Å². The van der Waals surface area contributed by atoms with Gasteiger partial charge in [0.25, 0.3) is 0 Å². The summed E-state index contributed by atoms with van der Waals surface area (Å²) in [6.45, 7) is 5.37. The molecule has 2 heterocycles. The second kappa shape index (κ2) is 7.13. The van der Waals surface area contributed by atoms with E-state index in [1.54, 1.807) is 18.6 Å². The standard InChI is InChI=1S/C15H23N3O2S/c1-10(7-13(19)14-8-17-9-21-14)12-3-5-18(6-4-12)15(20)11(2)16/h8-12H,3-7,16H2,1-2H3/t10?,11-/m0/s1. The minimum Gasteiger partial charge on any atom is -0.341 e. The monoisotopic (exact) mass is 309 g/mol. The van der Waals surface area contributed by atoms with Gasteiger partial charge in [-0.2, -0.15) is 0 Å². The van der Waals surface area contributed by atoms with Gasteiger partial charge < -0.3 is 10.6 Å². The molecule has 1 unspecified atom stereocenters. The molecule has 1 aromatic rings. The van der Waals surface area contributed by atoms with Crippen molar-refractivity contribution in [3.63, 3.8) is 0 Å². The Kier molecular flexibility index (Phi) is 5.47. The number of hydrogen-bond donors (Lipinski definition) is 1. The molecular weight excluding hydrogens is 286 g/mol. The summed E-state index contributed by atoms with van der Waals surface area (Å²) in [4.78, 5) is 30.5. The van der Waals surface area contributed by atoms with Gasteiger partial charge in [0.2, 0.25) is 5.91 Å². The molecule has 1 aliphatic heterocycles. The average molecular weight is 309 g/mol. The van der Waals surface area contributed by atoms with Crippen LogP contribution in [-0.4, -0.2) is 40.7 Å². The third-order valence-corrected chi connectivity index (χ3v) is 5.07. The molecule has 0 saturated carbocycles. The molecule has 2 atom stereocenters. The SMILES string of the molecule is CC(CC(=O)c1cncs1)C1CCN(C(=O)[C@H](C)N)CC1. The molecule has 0 radical (unpaired) electrons. The second-order valence-corrected chi connectivity index (χ2v) is 6.81. The van der Waals surface area contributed by atoms with Crippen LogP contribution >= 0.6 is 11.3 Å². The lowest BCUT2D eigenvalue weighted by molar-refractivity contribution is -0.133. The van der Waals surface area contributed by atoms with E-state index in [9.17, 15) is 9.59 Å². The molecule has 1 amide bonds. The van der Waals surface area contributed by atoms with E-state index in [1.165, 1.54) is 11.3 Å². The van der Waals surface area contributed by atoms with E-state index in [0.717, 1.165) is 30.8 Å². The molecule has 0 spiro atoms. The lowest BCUT2D eigenvalue weighted by Gasteiger charge is -2.35. The third-order valence-electron chi connectivity index (χ3n) is 4.26. The minimum atomic E-state index is -0.424. The van der Waals surface area contributed by atoms with Gasteiger partial charge in [-0.05, 0) is 31.6 Å². The van der Waals surface area contributed by atoms with Crippen molar-refractivity contribution < 1.29 is 9.59 Å². The fourth-order valence-corrected chi connectivity index (χ4v) is 3.46. The number of nitrogens with two attached hydrogens (primary N) is 1. The van der Waals surface area contributed by atoms with Crippen molar-refractivity contribution in [1.82, 2.24) is 9.88 Å². The number of amides is 1. The first-order chi connectivity index (χ1) is 9.99. The van der Waals surface area contributed by atoms with E-state index < -0.39 is 6.04 Å². The highest BCUT2D eigenvalue weighted by molar-refractivity contribution is 7.11. The number of piperidine rings is 1. The fourth-order valence-electron chi connectivity index (χ4n) is 2.89. The van der Waals surface area contributed by atoms with Crippen LogP contribution in [0.25, 0.3) is 0 Å². The topological polar surface area (TPSA) is 76.3 Å². The number of carbonyl (C=O) groups is 2. The van der Waals surface area contributed by atoms with Gasteiger partial charge in [0, 0.05) is 25.7 Å². The highest BCUT2D eigenvalue weighted by Gasteiger charge is 2.28. The van der Waals surface area contributed by atoms with Crippen molar-refractivity contribution in [2.45, 2.75) is 39.2 Å². The zero-order valence-electron chi connectivity index (χ0n) is 12.6. The quantitative estimate of drug-likeness (QED) is 0.843. The van der Waals surface area contributed by atoms with Gasteiger partial charge in [0.05, 0.1) is 16.4 Å². The van der Waals surface area contributed by atoms with E-state index in [4.69, 9.17) is 5.73 Å². The lowest BCUT2D eigenvalue weighted by atomic mass is 9.82. The smallest absolute Gasteiger partial charge is 0.239 e. The minimum absolute atomic E-state index is 0.0295. The van der Waals surface area contributed by atoms with Crippen molar-refractivity contribution in [2.75, 3.05) is 13.1 Å². The van der Waals surface area contributed by atoms with Crippen LogP contribution in [0.5, 0.6) is 0 Å². The van der Waals surface area contributed by atoms with Crippen LogP contribution in [0.15, 0.2) is 11.7 Å². The summed E-state index contributed by atoms with van der Waals surface area (Å²) in [5.74, 6) is 1.05. The summed E-state index contributed by atoms with van der Waals surface area (Å²) in [5, 5.41) is 0. The largest absolute Gasteiger partial charge is 0.341 e. The zero-order valence-corrected chi connectivity index (χ0v) is 13.4. The van der Waals surface area contributed by atoms with E-state index in [2.05, 4.69) is 11.9 Å². The summed E-state index contributed by atoms with van der Waals surface area (Å²) >= 11 is 1.40. The molecule has 21 heavy (non-hydrogen) atoms. The Labute approximate surface area is 129 Å². The molecule has 2 rings (SSSR count). The number of hydrogen-bond acceptors (Lipinski definition) is 5. The van der Waals surface area contributed by atoms with Gasteiger partial charge >= 0.3 is 0 Å². The van der Waals surface area contributed by atoms with Gasteiger partial charge in [0.1, 0.15) is 0 Å². The van der Waals surface area contributed by atoms with Crippen LogP contribution in [0.4, 0.5) is 0 Å². The number of carbonyl (C=O) groups excluding carboxylic acids is 2. The number of aromatic nitrogens is 1. The maximum Gasteiger partial charge on any atom is 0.239 e. The molecule has 1 aliphatic rings. The van der Waals surface area contributed by atoms with Crippen molar-refractivity contribution in [3.8, 4) is 0 Å². The molecule has 116 valence electrons. The van der Waals surface area contributed by atoms with Crippen LogP contribution in [0, 0.1) is 11.8 Å².